The molecule has 4 heterocycles. The summed E-state index contributed by atoms with van der Waals surface area (Å²) in [5.74, 6) is -6.31. The summed E-state index contributed by atoms with van der Waals surface area (Å²) in [6.07, 6.45) is 2.43. The normalized spacial score (nSPS) is 38.5. The van der Waals surface area contributed by atoms with E-state index in [1.807, 2.05) is 18.2 Å². The Balaban J connectivity index is 1.04. The van der Waals surface area contributed by atoms with Gasteiger partial charge in [0, 0.05) is 0 Å². The molecule has 4 amide bonds. The maximum atomic E-state index is 12.3. The quantitative estimate of drug-likeness (QED) is 0.370. The molecule has 0 aromatic heterocycles. The van der Waals surface area contributed by atoms with Crippen LogP contribution in [0.15, 0.2) is 47.9 Å². The van der Waals surface area contributed by atoms with E-state index in [2.05, 4.69) is 10.6 Å². The second-order valence-electron chi connectivity index (χ2n) is 11.4. The zero-order valence-corrected chi connectivity index (χ0v) is 21.4. The maximum absolute atomic E-state index is 12.3. The van der Waals surface area contributed by atoms with Crippen LogP contribution in [0.4, 0.5) is 0 Å². The summed E-state index contributed by atoms with van der Waals surface area (Å²) < 4.78 is 22.9. The van der Waals surface area contributed by atoms with E-state index in [1.54, 1.807) is 19.9 Å². The van der Waals surface area contributed by atoms with Crippen molar-refractivity contribution in [3.63, 3.8) is 0 Å². The van der Waals surface area contributed by atoms with Gasteiger partial charge in [0.05, 0.1) is 47.7 Å². The lowest BCUT2D eigenvalue weighted by atomic mass is 9.53. The minimum Gasteiger partial charge on any atom is -0.492 e. The number of ether oxygens (including phenoxy) is 4. The van der Waals surface area contributed by atoms with E-state index in [-0.39, 0.29) is 13.2 Å². The van der Waals surface area contributed by atoms with E-state index in [9.17, 15) is 28.8 Å². The molecule has 0 spiro atoms. The fourth-order valence-corrected chi connectivity index (χ4v) is 7.46. The molecule has 0 unspecified atom stereocenters. The smallest absolute Gasteiger partial charge is 0.334 e. The topological polar surface area (TPSA) is 163 Å². The van der Waals surface area contributed by atoms with E-state index >= 15 is 0 Å². The number of rotatable bonds is 6. The first-order chi connectivity index (χ1) is 19.0. The Morgan fingerprint density at radius 3 is 1.52 bits per heavy atom. The molecule has 12 heteroatoms. The van der Waals surface area contributed by atoms with Gasteiger partial charge in [-0.1, -0.05) is 18.2 Å². The Hall–Kier alpha value is -4.48. The van der Waals surface area contributed by atoms with Gasteiger partial charge in [0.1, 0.15) is 35.9 Å². The number of carbonyl (C=O) groups is 6. The van der Waals surface area contributed by atoms with E-state index in [0.717, 1.165) is 11.1 Å². The molecule has 6 aliphatic rings. The van der Waals surface area contributed by atoms with Crippen molar-refractivity contribution in [1.29, 1.82) is 0 Å². The molecule has 40 heavy (non-hydrogen) atoms. The molecule has 0 bridgehead atoms. The molecule has 2 saturated heterocycles. The van der Waals surface area contributed by atoms with Crippen molar-refractivity contribution in [2.24, 2.45) is 35.5 Å². The number of hydrogen-bond donors (Lipinski definition) is 2. The number of fused-ring (bicyclic) bond motifs is 8. The number of imide groups is 2. The molecule has 8 atom stereocenters. The van der Waals surface area contributed by atoms with Gasteiger partial charge in [0.25, 0.3) is 0 Å². The lowest BCUT2D eigenvalue weighted by Gasteiger charge is -2.54. The monoisotopic (exact) mass is 548 g/mol. The lowest BCUT2D eigenvalue weighted by Crippen LogP contribution is -2.66. The molecular formula is C28H24N2O10. The van der Waals surface area contributed by atoms with Crippen LogP contribution in [0.2, 0.25) is 0 Å². The first-order valence-electron chi connectivity index (χ1n) is 12.9. The van der Waals surface area contributed by atoms with Crippen molar-refractivity contribution < 1.29 is 47.7 Å². The minimum atomic E-state index is -1.15. The summed E-state index contributed by atoms with van der Waals surface area (Å²) in [7, 11) is 0. The van der Waals surface area contributed by atoms with Crippen molar-refractivity contribution in [2.75, 3.05) is 0 Å². The van der Waals surface area contributed by atoms with Crippen molar-refractivity contribution in [3.8, 4) is 0 Å². The van der Waals surface area contributed by atoms with Crippen LogP contribution in [0.25, 0.3) is 0 Å². The summed E-state index contributed by atoms with van der Waals surface area (Å²) in [5, 5.41) is 4.62. The Morgan fingerprint density at radius 1 is 0.675 bits per heavy atom. The third-order valence-electron chi connectivity index (χ3n) is 9.15. The van der Waals surface area contributed by atoms with Gasteiger partial charge < -0.3 is 18.9 Å². The predicted octanol–water partition coefficient (Wildman–Crippen LogP) is 0.156. The fraction of sp³-hybridized carbons (Fsp3) is 0.429. The second-order valence-corrected chi connectivity index (χ2v) is 11.4. The van der Waals surface area contributed by atoms with E-state index in [1.165, 1.54) is 12.2 Å². The van der Waals surface area contributed by atoms with Crippen molar-refractivity contribution in [2.45, 2.75) is 38.3 Å². The molecule has 2 saturated carbocycles. The predicted molar refractivity (Wildman–Crippen MR) is 128 cm³/mol. The molecule has 4 aliphatic heterocycles. The Labute approximate surface area is 227 Å². The van der Waals surface area contributed by atoms with Crippen molar-refractivity contribution in [1.82, 2.24) is 10.6 Å². The van der Waals surface area contributed by atoms with Gasteiger partial charge >= 0.3 is 11.9 Å². The highest BCUT2D eigenvalue weighted by atomic mass is 16.6. The number of amides is 4. The third-order valence-corrected chi connectivity index (χ3v) is 9.15. The average Bonchev–Trinajstić information content (AvgIpc) is 3.29. The van der Waals surface area contributed by atoms with Crippen LogP contribution in [0, 0.1) is 35.5 Å². The molecule has 1 aromatic rings. The van der Waals surface area contributed by atoms with Gasteiger partial charge in [-0.3, -0.25) is 29.8 Å². The molecule has 2 aliphatic carbocycles. The highest BCUT2D eigenvalue weighted by Crippen LogP contribution is 2.60. The van der Waals surface area contributed by atoms with Gasteiger partial charge in [-0.2, -0.15) is 0 Å². The minimum absolute atomic E-state index is 0.0776. The molecule has 0 radical (unpaired) electrons. The van der Waals surface area contributed by atoms with Crippen LogP contribution < -0.4 is 10.6 Å². The van der Waals surface area contributed by atoms with Crippen LogP contribution in [0.3, 0.4) is 0 Å². The largest absolute Gasteiger partial charge is 0.492 e. The van der Waals surface area contributed by atoms with Gasteiger partial charge in [-0.05, 0) is 31.0 Å². The molecule has 7 rings (SSSR count). The van der Waals surface area contributed by atoms with Crippen LogP contribution >= 0.6 is 0 Å². The van der Waals surface area contributed by atoms with Crippen LogP contribution in [-0.2, 0) is 60.9 Å². The average molecular weight is 549 g/mol. The summed E-state index contributed by atoms with van der Waals surface area (Å²) in [4.78, 5) is 73.6. The lowest BCUT2D eigenvalue weighted by molar-refractivity contribution is -0.213. The zero-order chi connectivity index (χ0) is 28.1. The SMILES string of the molecule is C[C@]12OC(=O)C=C(OCc3cccc(COC4=CC(=O)O[C@]5(C)[C@@H]6C(=O)NC(=O)[C@@H]6[C@H]45)c3)[C@H]1[C@H]1C(=O)NC(=O)[C@H]12. The molecule has 4 fully saturated rings. The van der Waals surface area contributed by atoms with E-state index in [0.29, 0.717) is 11.5 Å². The maximum Gasteiger partial charge on any atom is 0.334 e. The summed E-state index contributed by atoms with van der Waals surface area (Å²) >= 11 is 0. The number of carbonyl (C=O) groups excluding carboxylic acids is 6. The number of esters is 2. The first kappa shape index (κ1) is 24.6. The van der Waals surface area contributed by atoms with Crippen molar-refractivity contribution >= 4 is 35.6 Å². The molecule has 206 valence electrons. The Kier molecular flexibility index (Phi) is 4.93. The highest BCUT2D eigenvalue weighted by Gasteiger charge is 2.74. The third kappa shape index (κ3) is 3.18. The first-order valence-corrected chi connectivity index (χ1v) is 12.9. The zero-order valence-electron chi connectivity index (χ0n) is 21.4. The number of hydrogen-bond acceptors (Lipinski definition) is 10. The van der Waals surface area contributed by atoms with Crippen LogP contribution in [-0.4, -0.2) is 46.8 Å². The Morgan fingerprint density at radius 2 is 1.10 bits per heavy atom. The van der Waals surface area contributed by atoms with Crippen LogP contribution in [0.1, 0.15) is 25.0 Å². The van der Waals surface area contributed by atoms with E-state index < -0.39 is 82.3 Å². The van der Waals surface area contributed by atoms with Crippen LogP contribution in [0.5, 0.6) is 0 Å². The van der Waals surface area contributed by atoms with E-state index in [4.69, 9.17) is 18.9 Å². The number of benzene rings is 1. The highest BCUT2D eigenvalue weighted by molar-refractivity contribution is 6.09. The molecular weight excluding hydrogens is 524 g/mol. The summed E-state index contributed by atoms with van der Waals surface area (Å²) in [6.45, 7) is 3.43. The summed E-state index contributed by atoms with van der Waals surface area (Å²) in [5.41, 5.74) is -0.806. The van der Waals surface area contributed by atoms with Gasteiger partial charge in [0.15, 0.2) is 0 Å². The molecule has 12 nitrogen and oxygen atoms in total. The Bertz CT molecular complexity index is 1400. The number of nitrogens with one attached hydrogen (secondary N) is 2. The summed E-state index contributed by atoms with van der Waals surface area (Å²) in [6, 6.07) is 7.26. The van der Waals surface area contributed by atoms with Gasteiger partial charge in [0.2, 0.25) is 23.6 Å². The molecule has 1 aromatic carbocycles. The standard InChI is InChI=1S/C28H24N2O10/c1-27-19(17-21(27)25(35)29-23(17)33)13(7-15(31)39-27)37-9-11-4-3-5-12(6-11)10-38-14-8-16(32)40-28(2)20(14)18-22(28)26(36)30-24(18)34/h3-8,17-22H,9-10H2,1-2H3,(H,29,33,35)(H,30,34,36)/t17-,18-,19+,20+,21+,22+,27+,28+/m1/s1. The van der Waals surface area contributed by atoms with Gasteiger partial charge in [-0.25, -0.2) is 9.59 Å². The van der Waals surface area contributed by atoms with Gasteiger partial charge in [-0.15, -0.1) is 0 Å². The second kappa shape index (κ2) is 8.03. The van der Waals surface area contributed by atoms with Crippen molar-refractivity contribution in [3.05, 3.63) is 59.1 Å². The fourth-order valence-electron chi connectivity index (χ4n) is 7.46. The molecule has 2 N–H and O–H groups in total.